The number of benzene rings is 1. The number of amides is 1. The number of nitrogens with zero attached hydrogens (tertiary/aromatic N) is 2. The molecule has 0 saturated carbocycles. The van der Waals surface area contributed by atoms with E-state index < -0.39 is 0 Å². The van der Waals surface area contributed by atoms with Gasteiger partial charge in [0.1, 0.15) is 5.58 Å². The van der Waals surface area contributed by atoms with Gasteiger partial charge in [0, 0.05) is 23.7 Å². The highest BCUT2D eigenvalue weighted by Crippen LogP contribution is 2.26. The third kappa shape index (κ3) is 2.50. The van der Waals surface area contributed by atoms with Crippen LogP contribution in [0.2, 0.25) is 0 Å². The van der Waals surface area contributed by atoms with Gasteiger partial charge < -0.3 is 14.3 Å². The van der Waals surface area contributed by atoms with Gasteiger partial charge >= 0.3 is 0 Å². The zero-order chi connectivity index (χ0) is 15.7. The quantitative estimate of drug-likeness (QED) is 0.804. The minimum absolute atomic E-state index is 0.199. The third-order valence-electron chi connectivity index (χ3n) is 3.87. The molecule has 0 unspecified atom stereocenters. The first-order valence-electron chi connectivity index (χ1n) is 7.37. The van der Waals surface area contributed by atoms with E-state index in [1.165, 1.54) is 0 Å². The zero-order valence-corrected chi connectivity index (χ0v) is 13.0. The largest absolute Gasteiger partial charge is 0.451 e. The molecule has 0 radical (unpaired) electrons. The van der Waals surface area contributed by atoms with Crippen molar-refractivity contribution >= 4 is 16.9 Å². The van der Waals surface area contributed by atoms with E-state index in [1.54, 1.807) is 12.5 Å². The lowest BCUT2D eigenvalue weighted by atomic mass is 10.1. The third-order valence-corrected chi connectivity index (χ3v) is 3.87. The van der Waals surface area contributed by atoms with Gasteiger partial charge in [-0.2, -0.15) is 0 Å². The number of rotatable bonds is 4. The highest BCUT2D eigenvalue weighted by atomic mass is 16.3. The first-order valence-corrected chi connectivity index (χ1v) is 7.37. The van der Waals surface area contributed by atoms with Gasteiger partial charge in [-0.3, -0.25) is 4.79 Å². The van der Waals surface area contributed by atoms with Crippen LogP contribution in [0.15, 0.2) is 35.1 Å². The molecule has 1 N–H and O–H groups in total. The molecule has 5 nitrogen and oxygen atoms in total. The second-order valence-electron chi connectivity index (χ2n) is 5.41. The summed E-state index contributed by atoms with van der Waals surface area (Å²) >= 11 is 0. The fraction of sp³-hybridized carbons (Fsp3) is 0.294. The molecule has 5 heteroatoms. The Morgan fingerprint density at radius 3 is 2.95 bits per heavy atom. The van der Waals surface area contributed by atoms with Gasteiger partial charge in [-0.15, -0.1) is 0 Å². The highest BCUT2D eigenvalue weighted by molar-refractivity contribution is 5.98. The lowest BCUT2D eigenvalue weighted by Crippen LogP contribution is -2.24. The average Bonchev–Trinajstić information content (AvgIpc) is 3.09. The van der Waals surface area contributed by atoms with Gasteiger partial charge in [0.2, 0.25) is 0 Å². The topological polar surface area (TPSA) is 60.1 Å². The monoisotopic (exact) mass is 297 g/mol. The van der Waals surface area contributed by atoms with Crippen molar-refractivity contribution in [2.45, 2.75) is 33.9 Å². The Morgan fingerprint density at radius 2 is 2.18 bits per heavy atom. The molecule has 1 amide bonds. The van der Waals surface area contributed by atoms with Crippen LogP contribution in [0, 0.1) is 13.8 Å². The molecular formula is C17H19N3O2. The van der Waals surface area contributed by atoms with Crippen LogP contribution in [0.1, 0.15) is 34.3 Å². The van der Waals surface area contributed by atoms with Crippen LogP contribution in [0.3, 0.4) is 0 Å². The van der Waals surface area contributed by atoms with Crippen molar-refractivity contribution in [3.63, 3.8) is 0 Å². The van der Waals surface area contributed by atoms with Crippen molar-refractivity contribution in [2.24, 2.45) is 0 Å². The zero-order valence-electron chi connectivity index (χ0n) is 13.0. The van der Waals surface area contributed by atoms with E-state index in [0.717, 1.165) is 34.3 Å². The molecule has 3 rings (SSSR count). The van der Waals surface area contributed by atoms with E-state index >= 15 is 0 Å². The second kappa shape index (κ2) is 5.67. The molecule has 0 saturated heterocycles. The maximum absolute atomic E-state index is 12.4. The van der Waals surface area contributed by atoms with Gasteiger partial charge in [-0.25, -0.2) is 4.98 Å². The van der Waals surface area contributed by atoms with Crippen LogP contribution in [0.4, 0.5) is 0 Å². The fourth-order valence-electron chi connectivity index (χ4n) is 2.58. The Kier molecular flexibility index (Phi) is 3.71. The number of hydrogen-bond donors (Lipinski definition) is 1. The van der Waals surface area contributed by atoms with E-state index in [4.69, 9.17) is 4.42 Å². The van der Waals surface area contributed by atoms with Crippen molar-refractivity contribution in [1.29, 1.82) is 0 Å². The van der Waals surface area contributed by atoms with Crippen molar-refractivity contribution < 1.29 is 9.21 Å². The Balaban J connectivity index is 1.82. The molecule has 22 heavy (non-hydrogen) atoms. The fourth-order valence-corrected chi connectivity index (χ4v) is 2.58. The molecule has 0 bridgehead atoms. The number of hydrogen-bond acceptors (Lipinski definition) is 3. The van der Waals surface area contributed by atoms with E-state index in [1.807, 2.05) is 43.5 Å². The predicted molar refractivity (Wildman–Crippen MR) is 84.8 cm³/mol. The summed E-state index contributed by atoms with van der Waals surface area (Å²) in [6, 6.07) is 5.96. The van der Waals surface area contributed by atoms with E-state index in [2.05, 4.69) is 10.3 Å². The molecule has 0 spiro atoms. The van der Waals surface area contributed by atoms with Gasteiger partial charge in [0.05, 0.1) is 18.6 Å². The summed E-state index contributed by atoms with van der Waals surface area (Å²) < 4.78 is 7.73. The Morgan fingerprint density at radius 1 is 1.36 bits per heavy atom. The first-order chi connectivity index (χ1) is 10.6. The van der Waals surface area contributed by atoms with Crippen molar-refractivity contribution in [2.75, 3.05) is 0 Å². The van der Waals surface area contributed by atoms with E-state index in [9.17, 15) is 4.79 Å². The maximum atomic E-state index is 12.4. The number of aryl methyl sites for hydroxylation is 3. The number of carbonyl (C=O) groups excluding carboxylic acids is 1. The highest BCUT2D eigenvalue weighted by Gasteiger charge is 2.17. The van der Waals surface area contributed by atoms with Crippen LogP contribution in [-0.4, -0.2) is 15.5 Å². The van der Waals surface area contributed by atoms with Gasteiger partial charge in [-0.1, -0.05) is 12.1 Å². The van der Waals surface area contributed by atoms with Crippen LogP contribution in [-0.2, 0) is 13.1 Å². The van der Waals surface area contributed by atoms with Crippen molar-refractivity contribution in [3.8, 4) is 0 Å². The summed E-state index contributed by atoms with van der Waals surface area (Å²) in [5.41, 5.74) is 3.71. The molecule has 2 heterocycles. The molecule has 0 fully saturated rings. The molecule has 114 valence electrons. The van der Waals surface area contributed by atoms with Crippen LogP contribution in [0.25, 0.3) is 11.0 Å². The lowest BCUT2D eigenvalue weighted by Gasteiger charge is -2.06. The molecular weight excluding hydrogens is 278 g/mol. The minimum atomic E-state index is -0.199. The number of carbonyl (C=O) groups is 1. The number of nitrogens with one attached hydrogen (secondary N) is 1. The lowest BCUT2D eigenvalue weighted by molar-refractivity contribution is 0.0923. The Hall–Kier alpha value is -2.56. The van der Waals surface area contributed by atoms with E-state index in [0.29, 0.717) is 12.3 Å². The summed E-state index contributed by atoms with van der Waals surface area (Å²) in [7, 11) is 0. The minimum Gasteiger partial charge on any atom is -0.451 e. The molecule has 0 aliphatic rings. The number of imidazole rings is 1. The Labute approximate surface area is 129 Å². The summed E-state index contributed by atoms with van der Waals surface area (Å²) in [6.45, 7) is 7.21. The van der Waals surface area contributed by atoms with Gasteiger partial charge in [0.15, 0.2) is 5.76 Å². The predicted octanol–water partition coefficient (Wildman–Crippen LogP) is 3.20. The molecule has 1 aromatic carbocycles. The first kappa shape index (κ1) is 14.4. The number of aromatic nitrogens is 2. The van der Waals surface area contributed by atoms with Crippen LogP contribution < -0.4 is 5.32 Å². The normalized spacial score (nSPS) is 11.0. The second-order valence-corrected chi connectivity index (χ2v) is 5.41. The molecule has 0 atom stereocenters. The van der Waals surface area contributed by atoms with Crippen molar-refractivity contribution in [1.82, 2.24) is 14.9 Å². The van der Waals surface area contributed by atoms with Crippen LogP contribution >= 0.6 is 0 Å². The number of furan rings is 1. The van der Waals surface area contributed by atoms with Gasteiger partial charge in [0.25, 0.3) is 5.91 Å². The summed E-state index contributed by atoms with van der Waals surface area (Å²) in [6.07, 6.45) is 3.52. The van der Waals surface area contributed by atoms with Gasteiger partial charge in [-0.05, 0) is 32.4 Å². The smallest absolute Gasteiger partial charge is 0.287 e. The van der Waals surface area contributed by atoms with Crippen LogP contribution in [0.5, 0.6) is 0 Å². The number of fused-ring (bicyclic) bond motifs is 1. The Bertz CT molecular complexity index is 830. The summed E-state index contributed by atoms with van der Waals surface area (Å²) in [4.78, 5) is 16.5. The standard InChI is InChI=1S/C17H19N3O2/c1-4-20-10-18-8-13(20)9-19-17(21)16-12(3)14-6-5-11(2)7-15(14)22-16/h5-8,10H,4,9H2,1-3H3,(H,19,21). The molecule has 3 aromatic rings. The maximum Gasteiger partial charge on any atom is 0.287 e. The SMILES string of the molecule is CCn1cncc1CNC(=O)c1oc2cc(C)ccc2c1C. The molecule has 2 aromatic heterocycles. The summed E-state index contributed by atoms with van der Waals surface area (Å²) in [5.74, 6) is 0.179. The van der Waals surface area contributed by atoms with E-state index in [-0.39, 0.29) is 5.91 Å². The van der Waals surface area contributed by atoms with Crippen molar-refractivity contribution in [3.05, 3.63) is 53.3 Å². The molecule has 0 aliphatic heterocycles. The molecule has 0 aliphatic carbocycles. The average molecular weight is 297 g/mol. The summed E-state index contributed by atoms with van der Waals surface area (Å²) in [5, 5.41) is 3.88.